The van der Waals surface area contributed by atoms with Crippen molar-refractivity contribution in [3.8, 4) is 0 Å². The Kier molecular flexibility index (Phi) is 3.36. The third kappa shape index (κ3) is 2.30. The van der Waals surface area contributed by atoms with Gasteiger partial charge in [-0.05, 0) is 32.0 Å². The second-order valence-corrected chi connectivity index (χ2v) is 4.84. The first kappa shape index (κ1) is 11.7. The first-order chi connectivity index (χ1) is 7.58. The van der Waals surface area contributed by atoms with Crippen molar-refractivity contribution in [2.24, 2.45) is 0 Å². The first-order valence-corrected chi connectivity index (χ1v) is 5.91. The minimum absolute atomic E-state index is 0.203. The standard InChI is InChI=1S/C12H16ClFN2/c1-8-7-16(9(2)6-15-8)12-5-10(13)3-4-11(12)14/h3-5,8-9,15H,6-7H2,1-2H3. The average Bonchev–Trinajstić information content (AvgIpc) is 2.25. The van der Waals surface area contributed by atoms with Crippen LogP contribution in [0.1, 0.15) is 13.8 Å². The van der Waals surface area contributed by atoms with Crippen LogP contribution < -0.4 is 10.2 Å². The molecule has 0 saturated carbocycles. The highest BCUT2D eigenvalue weighted by Crippen LogP contribution is 2.26. The summed E-state index contributed by atoms with van der Waals surface area (Å²) in [5.74, 6) is -0.203. The molecule has 16 heavy (non-hydrogen) atoms. The van der Waals surface area contributed by atoms with Gasteiger partial charge in [-0.3, -0.25) is 0 Å². The fourth-order valence-corrected chi connectivity index (χ4v) is 2.23. The number of anilines is 1. The van der Waals surface area contributed by atoms with Crippen LogP contribution in [0.2, 0.25) is 5.02 Å². The van der Waals surface area contributed by atoms with E-state index >= 15 is 0 Å². The fourth-order valence-electron chi connectivity index (χ4n) is 2.06. The van der Waals surface area contributed by atoms with Crippen molar-refractivity contribution in [3.05, 3.63) is 29.0 Å². The summed E-state index contributed by atoms with van der Waals surface area (Å²) >= 11 is 5.91. The SMILES string of the molecule is CC1CN(c2cc(Cl)ccc2F)C(C)CN1. The number of hydrogen-bond acceptors (Lipinski definition) is 2. The van der Waals surface area contributed by atoms with E-state index < -0.39 is 0 Å². The monoisotopic (exact) mass is 242 g/mol. The lowest BCUT2D eigenvalue weighted by molar-refractivity contribution is 0.420. The lowest BCUT2D eigenvalue weighted by Crippen LogP contribution is -2.54. The summed E-state index contributed by atoms with van der Waals surface area (Å²) in [5, 5.41) is 3.95. The number of nitrogens with zero attached hydrogens (tertiary/aromatic N) is 1. The second-order valence-electron chi connectivity index (χ2n) is 4.41. The van der Waals surface area contributed by atoms with Crippen LogP contribution in [0.4, 0.5) is 10.1 Å². The third-order valence-corrected chi connectivity index (χ3v) is 3.22. The largest absolute Gasteiger partial charge is 0.364 e. The Bertz CT molecular complexity index is 383. The van der Waals surface area contributed by atoms with E-state index in [0.29, 0.717) is 16.8 Å². The Morgan fingerprint density at radius 2 is 2.19 bits per heavy atom. The Labute approximate surface area is 100 Å². The highest BCUT2D eigenvalue weighted by molar-refractivity contribution is 6.30. The summed E-state index contributed by atoms with van der Waals surface area (Å²) in [6.45, 7) is 5.85. The Morgan fingerprint density at radius 3 is 2.94 bits per heavy atom. The number of hydrogen-bond donors (Lipinski definition) is 1. The van der Waals surface area contributed by atoms with Gasteiger partial charge in [-0.1, -0.05) is 11.6 Å². The van der Waals surface area contributed by atoms with Gasteiger partial charge in [0.2, 0.25) is 0 Å². The van der Waals surface area contributed by atoms with Crippen molar-refractivity contribution < 1.29 is 4.39 Å². The molecule has 1 aliphatic heterocycles. The molecule has 0 radical (unpaired) electrons. The number of benzene rings is 1. The molecule has 1 saturated heterocycles. The molecule has 2 nitrogen and oxygen atoms in total. The molecular formula is C12H16ClFN2. The van der Waals surface area contributed by atoms with Crippen LogP contribution in [-0.2, 0) is 0 Å². The molecule has 1 aromatic carbocycles. The van der Waals surface area contributed by atoms with Crippen molar-refractivity contribution >= 4 is 17.3 Å². The topological polar surface area (TPSA) is 15.3 Å². The molecule has 0 aromatic heterocycles. The van der Waals surface area contributed by atoms with Gasteiger partial charge >= 0.3 is 0 Å². The van der Waals surface area contributed by atoms with E-state index in [2.05, 4.69) is 24.1 Å². The minimum atomic E-state index is -0.203. The van der Waals surface area contributed by atoms with Crippen LogP contribution >= 0.6 is 11.6 Å². The molecule has 2 atom stereocenters. The minimum Gasteiger partial charge on any atom is -0.364 e. The zero-order chi connectivity index (χ0) is 11.7. The average molecular weight is 243 g/mol. The molecule has 4 heteroatoms. The van der Waals surface area contributed by atoms with Crippen LogP contribution in [0.5, 0.6) is 0 Å². The van der Waals surface area contributed by atoms with E-state index in [1.807, 2.05) is 0 Å². The van der Waals surface area contributed by atoms with Crippen LogP contribution in [0.3, 0.4) is 0 Å². The Balaban J connectivity index is 2.30. The van der Waals surface area contributed by atoms with E-state index in [0.717, 1.165) is 13.1 Å². The summed E-state index contributed by atoms with van der Waals surface area (Å²) in [6, 6.07) is 5.36. The molecule has 1 N–H and O–H groups in total. The molecule has 2 rings (SSSR count). The number of halogens is 2. The van der Waals surface area contributed by atoms with Gasteiger partial charge in [-0.25, -0.2) is 4.39 Å². The molecule has 0 bridgehead atoms. The molecule has 1 aliphatic rings. The lowest BCUT2D eigenvalue weighted by atomic mass is 10.1. The zero-order valence-electron chi connectivity index (χ0n) is 9.50. The zero-order valence-corrected chi connectivity index (χ0v) is 10.3. The van der Waals surface area contributed by atoms with Gasteiger partial charge in [0.1, 0.15) is 5.82 Å². The van der Waals surface area contributed by atoms with Crippen LogP contribution in [0, 0.1) is 5.82 Å². The van der Waals surface area contributed by atoms with Gasteiger partial charge in [0.05, 0.1) is 5.69 Å². The fraction of sp³-hybridized carbons (Fsp3) is 0.500. The molecule has 88 valence electrons. The van der Waals surface area contributed by atoms with Gasteiger partial charge in [-0.15, -0.1) is 0 Å². The quantitative estimate of drug-likeness (QED) is 0.815. The second kappa shape index (κ2) is 4.60. The maximum atomic E-state index is 13.7. The van der Waals surface area contributed by atoms with Gasteiger partial charge in [0.15, 0.2) is 0 Å². The van der Waals surface area contributed by atoms with Crippen molar-refractivity contribution in [1.29, 1.82) is 0 Å². The lowest BCUT2D eigenvalue weighted by Gasteiger charge is -2.39. The smallest absolute Gasteiger partial charge is 0.146 e. The molecule has 0 spiro atoms. The van der Waals surface area contributed by atoms with Crippen LogP contribution in [0.25, 0.3) is 0 Å². The highest BCUT2D eigenvalue weighted by atomic mass is 35.5. The van der Waals surface area contributed by atoms with E-state index in [9.17, 15) is 4.39 Å². The van der Waals surface area contributed by atoms with Gasteiger partial charge in [0, 0.05) is 30.2 Å². The molecule has 0 aliphatic carbocycles. The number of piperazine rings is 1. The summed E-state index contributed by atoms with van der Waals surface area (Å²) in [6.07, 6.45) is 0. The predicted octanol–water partition coefficient (Wildman–Crippen LogP) is 2.67. The van der Waals surface area contributed by atoms with E-state index in [4.69, 9.17) is 11.6 Å². The number of rotatable bonds is 1. The van der Waals surface area contributed by atoms with Gasteiger partial charge in [0.25, 0.3) is 0 Å². The maximum absolute atomic E-state index is 13.7. The first-order valence-electron chi connectivity index (χ1n) is 5.53. The normalized spacial score (nSPS) is 25.9. The molecular weight excluding hydrogens is 227 g/mol. The van der Waals surface area contributed by atoms with E-state index in [1.165, 1.54) is 6.07 Å². The molecule has 2 unspecified atom stereocenters. The maximum Gasteiger partial charge on any atom is 0.146 e. The van der Waals surface area contributed by atoms with Crippen molar-refractivity contribution in [2.75, 3.05) is 18.0 Å². The van der Waals surface area contributed by atoms with Gasteiger partial charge < -0.3 is 10.2 Å². The van der Waals surface area contributed by atoms with E-state index in [1.54, 1.807) is 12.1 Å². The Morgan fingerprint density at radius 1 is 1.44 bits per heavy atom. The summed E-state index contributed by atoms with van der Waals surface area (Å²) < 4.78 is 13.7. The van der Waals surface area contributed by atoms with Crippen molar-refractivity contribution in [3.63, 3.8) is 0 Å². The van der Waals surface area contributed by atoms with Crippen molar-refractivity contribution in [1.82, 2.24) is 5.32 Å². The molecule has 1 heterocycles. The summed E-state index contributed by atoms with van der Waals surface area (Å²) in [7, 11) is 0. The van der Waals surface area contributed by atoms with Crippen LogP contribution in [0.15, 0.2) is 18.2 Å². The third-order valence-electron chi connectivity index (χ3n) is 2.98. The summed E-state index contributed by atoms with van der Waals surface area (Å²) in [4.78, 5) is 2.07. The Hall–Kier alpha value is -0.800. The molecule has 1 fully saturated rings. The predicted molar refractivity (Wildman–Crippen MR) is 65.7 cm³/mol. The van der Waals surface area contributed by atoms with E-state index in [-0.39, 0.29) is 11.9 Å². The highest BCUT2D eigenvalue weighted by Gasteiger charge is 2.24. The van der Waals surface area contributed by atoms with Gasteiger partial charge in [-0.2, -0.15) is 0 Å². The molecule has 0 amide bonds. The molecule has 1 aromatic rings. The van der Waals surface area contributed by atoms with Crippen LogP contribution in [-0.4, -0.2) is 25.2 Å². The van der Waals surface area contributed by atoms with Crippen molar-refractivity contribution in [2.45, 2.75) is 25.9 Å². The summed E-state index contributed by atoms with van der Waals surface area (Å²) in [5.41, 5.74) is 0.605. The number of nitrogens with one attached hydrogen (secondary N) is 1.